The number of fused-ring (bicyclic) bond motifs is 1. The maximum Gasteiger partial charge on any atom is 0.286 e. The van der Waals surface area contributed by atoms with Crippen molar-refractivity contribution in [2.75, 3.05) is 20.2 Å². The second-order valence-electron chi connectivity index (χ2n) is 8.46. The molecular formula is C26H31N3O4S. The molecule has 1 fully saturated rings. The summed E-state index contributed by atoms with van der Waals surface area (Å²) in [5.74, 6) is 0.778. The van der Waals surface area contributed by atoms with E-state index in [0.717, 1.165) is 39.6 Å². The Morgan fingerprint density at radius 3 is 2.44 bits per heavy atom. The number of nitrogens with one attached hydrogen (secondary N) is 2. The van der Waals surface area contributed by atoms with Gasteiger partial charge in [0, 0.05) is 47.1 Å². The van der Waals surface area contributed by atoms with Gasteiger partial charge in [-0.1, -0.05) is 30.3 Å². The molecular weight excluding hydrogens is 450 g/mol. The molecule has 1 saturated heterocycles. The number of pyridine rings is 1. The van der Waals surface area contributed by atoms with Crippen molar-refractivity contribution in [1.82, 2.24) is 15.4 Å². The highest BCUT2D eigenvalue weighted by molar-refractivity contribution is 8.13. The number of amides is 1. The van der Waals surface area contributed by atoms with Crippen LogP contribution in [0.1, 0.15) is 39.2 Å². The van der Waals surface area contributed by atoms with Crippen LogP contribution in [-0.4, -0.2) is 47.5 Å². The number of carbonyl (C=O) groups excluding carboxylic acids is 1. The van der Waals surface area contributed by atoms with E-state index in [4.69, 9.17) is 9.57 Å². The minimum atomic E-state index is -0.283. The van der Waals surface area contributed by atoms with Crippen LogP contribution in [-0.2, 0) is 4.84 Å². The largest absolute Gasteiger partial charge is 0.496 e. The summed E-state index contributed by atoms with van der Waals surface area (Å²) in [6, 6.07) is 13.7. The number of rotatable bonds is 6. The van der Waals surface area contributed by atoms with E-state index in [0.29, 0.717) is 23.5 Å². The molecule has 0 spiro atoms. The quantitative estimate of drug-likeness (QED) is 0.474. The van der Waals surface area contributed by atoms with Gasteiger partial charge in [-0.25, -0.2) is 0 Å². The van der Waals surface area contributed by atoms with Crippen LogP contribution >= 0.6 is 11.8 Å². The van der Waals surface area contributed by atoms with E-state index >= 15 is 0 Å². The highest BCUT2D eigenvalue weighted by Crippen LogP contribution is 2.42. The van der Waals surface area contributed by atoms with Crippen LogP contribution in [0.5, 0.6) is 5.75 Å². The van der Waals surface area contributed by atoms with E-state index in [1.165, 1.54) is 0 Å². The lowest BCUT2D eigenvalue weighted by molar-refractivity contribution is 0.0353. The van der Waals surface area contributed by atoms with Gasteiger partial charge in [-0.15, -0.1) is 0 Å². The Balaban J connectivity index is 1.97. The van der Waals surface area contributed by atoms with Crippen LogP contribution in [0.25, 0.3) is 22.0 Å². The van der Waals surface area contributed by atoms with Gasteiger partial charge in [0.1, 0.15) is 5.75 Å². The van der Waals surface area contributed by atoms with Gasteiger partial charge in [0.25, 0.3) is 10.8 Å². The van der Waals surface area contributed by atoms with E-state index in [2.05, 4.69) is 17.4 Å². The lowest BCUT2D eigenvalue weighted by atomic mass is 9.87. The predicted molar refractivity (Wildman–Crippen MR) is 137 cm³/mol. The molecule has 0 radical (unpaired) electrons. The van der Waals surface area contributed by atoms with Gasteiger partial charge in [0.15, 0.2) is 0 Å². The Labute approximate surface area is 203 Å². The molecule has 4 rings (SSSR count). The Kier molecular flexibility index (Phi) is 7.30. The number of H-pyrrole nitrogens is 1. The van der Waals surface area contributed by atoms with Crippen LogP contribution in [0.2, 0.25) is 0 Å². The summed E-state index contributed by atoms with van der Waals surface area (Å²) in [6.07, 6.45) is -0.0526. The molecule has 1 amide bonds. The number of hydrogen-bond donors (Lipinski definition) is 2. The number of aromatic amines is 1. The summed E-state index contributed by atoms with van der Waals surface area (Å²) < 4.78 is 5.82. The van der Waals surface area contributed by atoms with Crippen LogP contribution in [0.3, 0.4) is 0 Å². The molecule has 180 valence electrons. The molecule has 1 aromatic heterocycles. The van der Waals surface area contributed by atoms with Crippen LogP contribution in [0.4, 0.5) is 4.79 Å². The molecule has 1 aliphatic rings. The van der Waals surface area contributed by atoms with Gasteiger partial charge in [0.05, 0.1) is 18.1 Å². The summed E-state index contributed by atoms with van der Waals surface area (Å²) in [4.78, 5) is 37.1. The van der Waals surface area contributed by atoms with Crippen molar-refractivity contribution < 1.29 is 14.4 Å². The third kappa shape index (κ3) is 4.45. The molecule has 3 aromatic rings. The van der Waals surface area contributed by atoms with Crippen LogP contribution < -0.4 is 15.8 Å². The fourth-order valence-corrected chi connectivity index (χ4v) is 5.71. The summed E-state index contributed by atoms with van der Waals surface area (Å²) in [5.41, 5.74) is 6.03. The lowest BCUT2D eigenvalue weighted by Crippen LogP contribution is -2.27. The normalized spacial score (nSPS) is 20.0. The van der Waals surface area contributed by atoms with Crippen molar-refractivity contribution >= 4 is 27.9 Å². The van der Waals surface area contributed by atoms with Gasteiger partial charge < -0.3 is 14.6 Å². The molecule has 0 bridgehead atoms. The molecule has 7 nitrogen and oxygen atoms in total. The van der Waals surface area contributed by atoms with Gasteiger partial charge >= 0.3 is 0 Å². The fraction of sp³-hybridized carbons (Fsp3) is 0.385. The van der Waals surface area contributed by atoms with Crippen molar-refractivity contribution in [1.29, 1.82) is 0 Å². The van der Waals surface area contributed by atoms with E-state index in [-0.39, 0.29) is 28.9 Å². The highest BCUT2D eigenvalue weighted by Gasteiger charge is 2.35. The Hall–Kier alpha value is -2.81. The molecule has 2 aromatic carbocycles. The zero-order valence-corrected chi connectivity index (χ0v) is 21.0. The number of thioether (sulfide) groups is 1. The Morgan fingerprint density at radius 1 is 1.15 bits per heavy atom. The number of hydrogen-bond acceptors (Lipinski definition) is 6. The summed E-state index contributed by atoms with van der Waals surface area (Å²) >= 11 is 0.980. The number of hydroxylamine groups is 1. The first-order valence-corrected chi connectivity index (χ1v) is 12.4. The first-order valence-electron chi connectivity index (χ1n) is 11.6. The molecule has 0 saturated carbocycles. The average molecular weight is 482 g/mol. The maximum absolute atomic E-state index is 13.4. The third-order valence-electron chi connectivity index (χ3n) is 6.44. The molecule has 2 heterocycles. The van der Waals surface area contributed by atoms with Crippen molar-refractivity contribution in [3.8, 4) is 16.9 Å². The van der Waals surface area contributed by atoms with E-state index < -0.39 is 0 Å². The fourth-order valence-electron chi connectivity index (χ4n) is 4.67. The van der Waals surface area contributed by atoms with Crippen molar-refractivity contribution in [3.63, 3.8) is 0 Å². The third-order valence-corrected chi connectivity index (χ3v) is 7.46. The minimum absolute atomic E-state index is 0.0526. The molecule has 3 atom stereocenters. The Morgan fingerprint density at radius 2 is 1.85 bits per heavy atom. The minimum Gasteiger partial charge on any atom is -0.496 e. The van der Waals surface area contributed by atoms with Gasteiger partial charge in [-0.2, -0.15) is 5.48 Å². The average Bonchev–Trinajstić information content (AvgIpc) is 3.17. The SMILES string of the molecule is CCN(CC)C(=O)Sc1c(-c2ccccc2)c2cc(OC)c(C3C(C)NOC3C)cc2[nH]c1=O. The monoisotopic (exact) mass is 481 g/mol. The van der Waals surface area contributed by atoms with Crippen molar-refractivity contribution in [2.24, 2.45) is 0 Å². The summed E-state index contributed by atoms with van der Waals surface area (Å²) in [5, 5.41) is 0.681. The first-order chi connectivity index (χ1) is 16.4. The van der Waals surface area contributed by atoms with E-state index in [9.17, 15) is 9.59 Å². The number of carbonyl (C=O) groups is 1. The smallest absolute Gasteiger partial charge is 0.286 e. The van der Waals surface area contributed by atoms with E-state index in [1.54, 1.807) is 12.0 Å². The second-order valence-corrected chi connectivity index (χ2v) is 9.42. The van der Waals surface area contributed by atoms with Crippen LogP contribution in [0.15, 0.2) is 52.2 Å². The van der Waals surface area contributed by atoms with Crippen molar-refractivity contribution in [3.05, 3.63) is 58.4 Å². The first kappa shape index (κ1) is 24.3. The number of nitrogens with zero attached hydrogens (tertiary/aromatic N) is 1. The van der Waals surface area contributed by atoms with Crippen molar-refractivity contribution in [2.45, 2.75) is 50.7 Å². The van der Waals surface area contributed by atoms with E-state index in [1.807, 2.05) is 63.2 Å². The van der Waals surface area contributed by atoms with Gasteiger partial charge in [-0.05, 0) is 57.2 Å². The standard InChI is InChI=1S/C26H31N3O4S/c1-6-29(7-2)26(31)34-24-23(17-11-9-8-10-12-17)18-14-21(32-5)19(13-20(18)27-25(24)30)22-15(3)28-33-16(22)4/h8-16,22,28H,6-7H2,1-5H3,(H,27,30). The molecule has 1 aliphatic heterocycles. The predicted octanol–water partition coefficient (Wildman–Crippen LogP) is 5.15. The van der Waals surface area contributed by atoms with Gasteiger partial charge in [0.2, 0.25) is 0 Å². The highest BCUT2D eigenvalue weighted by atomic mass is 32.2. The summed E-state index contributed by atoms with van der Waals surface area (Å²) in [7, 11) is 1.65. The molecule has 0 aliphatic carbocycles. The molecule has 3 unspecified atom stereocenters. The second kappa shape index (κ2) is 10.2. The number of ether oxygens (including phenoxy) is 1. The lowest BCUT2D eigenvalue weighted by Gasteiger charge is -2.22. The number of aromatic nitrogens is 1. The number of benzene rings is 2. The molecule has 8 heteroatoms. The number of methoxy groups -OCH3 is 1. The summed E-state index contributed by atoms with van der Waals surface area (Å²) in [6.45, 7) is 9.11. The zero-order chi connectivity index (χ0) is 24.4. The maximum atomic E-state index is 13.4. The zero-order valence-electron chi connectivity index (χ0n) is 20.2. The molecule has 34 heavy (non-hydrogen) atoms. The van der Waals surface area contributed by atoms with Crippen LogP contribution in [0, 0.1) is 0 Å². The topological polar surface area (TPSA) is 83.7 Å². The Bertz CT molecular complexity index is 1230. The molecule has 2 N–H and O–H groups in total. The van der Waals surface area contributed by atoms with Gasteiger partial charge in [-0.3, -0.25) is 14.4 Å².